The lowest BCUT2D eigenvalue weighted by atomic mass is 10.2. The maximum absolute atomic E-state index is 12.9. The van der Waals surface area contributed by atoms with Gasteiger partial charge in [-0.3, -0.25) is 0 Å². The summed E-state index contributed by atoms with van der Waals surface area (Å²) >= 11 is 7.23. The van der Waals surface area contributed by atoms with Gasteiger partial charge in [0.05, 0.1) is 21.7 Å². The minimum atomic E-state index is -2.55. The van der Waals surface area contributed by atoms with Crippen molar-refractivity contribution < 1.29 is 8.78 Å². The highest BCUT2D eigenvalue weighted by Gasteiger charge is 2.54. The van der Waals surface area contributed by atoms with Gasteiger partial charge in [0.15, 0.2) is 6.17 Å². The first-order valence-corrected chi connectivity index (χ1v) is 8.23. The van der Waals surface area contributed by atoms with Gasteiger partial charge in [0.2, 0.25) is 0 Å². The molecule has 4 nitrogen and oxygen atoms in total. The van der Waals surface area contributed by atoms with Crippen LogP contribution < -0.4 is 0 Å². The summed E-state index contributed by atoms with van der Waals surface area (Å²) in [5.41, 5.74) is 0.158. The Morgan fingerprint density at radius 1 is 1.48 bits per heavy atom. The van der Waals surface area contributed by atoms with Crippen molar-refractivity contribution in [2.24, 2.45) is 0 Å². The van der Waals surface area contributed by atoms with E-state index in [-0.39, 0.29) is 4.88 Å². The number of rotatable bonds is 3. The molecule has 118 valence electrons. The topological polar surface area (TPSA) is 43.2 Å². The lowest BCUT2D eigenvalue weighted by Gasteiger charge is -2.33. The van der Waals surface area contributed by atoms with Crippen molar-refractivity contribution in [3.05, 3.63) is 51.4 Å². The molecule has 3 aliphatic rings. The van der Waals surface area contributed by atoms with Gasteiger partial charge >= 0.3 is 0 Å². The smallest absolute Gasteiger partial charge is 0.274 e. The number of hydrogen-bond donors (Lipinski definition) is 0. The Bertz CT molecular complexity index is 788. The number of fused-ring (bicyclic) bond motifs is 1. The summed E-state index contributed by atoms with van der Waals surface area (Å²) in [6.45, 7) is 0. The van der Waals surface area contributed by atoms with E-state index in [1.165, 1.54) is 6.20 Å². The van der Waals surface area contributed by atoms with Gasteiger partial charge in [0.25, 0.3) is 6.43 Å². The minimum Gasteiger partial charge on any atom is -0.331 e. The van der Waals surface area contributed by atoms with Crippen LogP contribution in [0.2, 0.25) is 0 Å². The SMILES string of the molecule is N#CC1(N2C=C3C(Cl)=CC=CN3C2c2ncc(C(F)F)s2)CC1. The average Bonchev–Trinajstić information content (AvgIpc) is 3.00. The Labute approximate surface area is 140 Å². The first-order valence-electron chi connectivity index (χ1n) is 7.04. The van der Waals surface area contributed by atoms with Gasteiger partial charge in [-0.25, -0.2) is 13.8 Å². The van der Waals surface area contributed by atoms with Gasteiger partial charge in [0, 0.05) is 18.6 Å². The fourth-order valence-electron chi connectivity index (χ4n) is 2.85. The second-order valence-electron chi connectivity index (χ2n) is 5.60. The molecule has 1 fully saturated rings. The Morgan fingerprint density at radius 3 is 2.87 bits per heavy atom. The lowest BCUT2D eigenvalue weighted by molar-refractivity contribution is 0.154. The van der Waals surface area contributed by atoms with Crippen LogP contribution in [0.1, 0.15) is 35.3 Å². The van der Waals surface area contributed by atoms with Crippen molar-refractivity contribution in [3.63, 3.8) is 0 Å². The first kappa shape index (κ1) is 14.7. The van der Waals surface area contributed by atoms with Gasteiger partial charge in [-0.05, 0) is 25.0 Å². The van der Waals surface area contributed by atoms with E-state index in [0.717, 1.165) is 29.9 Å². The van der Waals surface area contributed by atoms with Crippen LogP contribution in [-0.2, 0) is 0 Å². The molecule has 4 rings (SSSR count). The zero-order chi connectivity index (χ0) is 16.2. The van der Waals surface area contributed by atoms with Gasteiger partial charge in [-0.1, -0.05) is 11.6 Å². The third-order valence-corrected chi connectivity index (χ3v) is 5.57. The number of halogens is 3. The van der Waals surface area contributed by atoms with Crippen molar-refractivity contribution in [1.82, 2.24) is 14.8 Å². The second-order valence-corrected chi connectivity index (χ2v) is 7.10. The normalized spacial score (nSPS) is 24.4. The van der Waals surface area contributed by atoms with Crippen LogP contribution in [0.5, 0.6) is 0 Å². The molecular weight excluding hydrogens is 342 g/mol. The predicted octanol–water partition coefficient (Wildman–Crippen LogP) is 4.24. The maximum atomic E-state index is 12.9. The highest BCUT2D eigenvalue weighted by molar-refractivity contribution is 7.11. The molecule has 0 spiro atoms. The van der Waals surface area contributed by atoms with E-state index in [4.69, 9.17) is 11.6 Å². The number of alkyl halides is 2. The average molecular weight is 353 g/mol. The third-order valence-electron chi connectivity index (χ3n) is 4.20. The van der Waals surface area contributed by atoms with Gasteiger partial charge in [-0.15, -0.1) is 11.3 Å². The van der Waals surface area contributed by atoms with Crippen LogP contribution >= 0.6 is 22.9 Å². The van der Waals surface area contributed by atoms with Crippen molar-refractivity contribution in [3.8, 4) is 6.07 Å². The molecule has 3 heterocycles. The van der Waals surface area contributed by atoms with Gasteiger partial charge in [-0.2, -0.15) is 5.26 Å². The van der Waals surface area contributed by atoms with E-state index in [9.17, 15) is 14.0 Å². The van der Waals surface area contributed by atoms with E-state index in [1.54, 1.807) is 12.2 Å². The van der Waals surface area contributed by atoms with Crippen LogP contribution in [0.25, 0.3) is 0 Å². The molecule has 2 aliphatic heterocycles. The number of allylic oxidation sites excluding steroid dienone is 3. The molecule has 1 saturated carbocycles. The number of nitrogens with zero attached hydrogens (tertiary/aromatic N) is 4. The molecule has 1 unspecified atom stereocenters. The zero-order valence-corrected chi connectivity index (χ0v) is 13.4. The first-order chi connectivity index (χ1) is 11.1. The van der Waals surface area contributed by atoms with Crippen molar-refractivity contribution in [2.45, 2.75) is 31.0 Å². The molecule has 1 aliphatic carbocycles. The third kappa shape index (κ3) is 2.17. The Balaban J connectivity index is 1.78. The number of nitriles is 1. The molecule has 1 aromatic heterocycles. The molecule has 0 radical (unpaired) electrons. The predicted molar refractivity (Wildman–Crippen MR) is 82.2 cm³/mol. The number of aromatic nitrogens is 1. The fourth-order valence-corrected chi connectivity index (χ4v) is 3.94. The molecule has 1 aromatic rings. The Kier molecular flexibility index (Phi) is 3.22. The highest BCUT2D eigenvalue weighted by Crippen LogP contribution is 2.52. The van der Waals surface area contributed by atoms with E-state index >= 15 is 0 Å². The largest absolute Gasteiger partial charge is 0.331 e. The summed E-state index contributed by atoms with van der Waals surface area (Å²) in [4.78, 5) is 7.89. The van der Waals surface area contributed by atoms with Gasteiger partial charge < -0.3 is 9.80 Å². The molecule has 0 bridgehead atoms. The van der Waals surface area contributed by atoms with Crippen LogP contribution in [-0.4, -0.2) is 20.3 Å². The molecule has 0 aromatic carbocycles. The molecule has 8 heteroatoms. The Hall–Kier alpha value is -1.91. The van der Waals surface area contributed by atoms with Crippen LogP contribution in [0.4, 0.5) is 8.78 Å². The molecule has 0 amide bonds. The number of hydrogen-bond acceptors (Lipinski definition) is 5. The van der Waals surface area contributed by atoms with Crippen molar-refractivity contribution >= 4 is 22.9 Å². The molecule has 0 N–H and O–H groups in total. The zero-order valence-electron chi connectivity index (χ0n) is 11.8. The number of thiazole rings is 1. The summed E-state index contributed by atoms with van der Waals surface area (Å²) in [5.74, 6) is 0. The molecule has 23 heavy (non-hydrogen) atoms. The van der Waals surface area contributed by atoms with Crippen LogP contribution in [0, 0.1) is 11.3 Å². The van der Waals surface area contributed by atoms with E-state index in [0.29, 0.717) is 10.0 Å². The van der Waals surface area contributed by atoms with Crippen LogP contribution in [0.3, 0.4) is 0 Å². The van der Waals surface area contributed by atoms with E-state index in [2.05, 4.69) is 11.1 Å². The van der Waals surface area contributed by atoms with E-state index < -0.39 is 18.1 Å². The van der Waals surface area contributed by atoms with Crippen molar-refractivity contribution in [1.29, 1.82) is 5.26 Å². The van der Waals surface area contributed by atoms with E-state index in [1.807, 2.05) is 22.2 Å². The fraction of sp³-hybridized carbons (Fsp3) is 0.333. The molecule has 1 atom stereocenters. The molecule has 0 saturated heterocycles. The summed E-state index contributed by atoms with van der Waals surface area (Å²) in [6, 6.07) is 2.34. The summed E-state index contributed by atoms with van der Waals surface area (Å²) < 4.78 is 25.8. The lowest BCUT2D eigenvalue weighted by Crippen LogP contribution is -2.37. The standard InChI is InChI=1S/C15H11ClF2N4S/c16-9-2-1-5-21-10(9)7-22(15(8-19)3-4-15)14(21)13-20-6-11(23-13)12(17)18/h1-2,5-7,12,14H,3-4H2. The summed E-state index contributed by atoms with van der Waals surface area (Å²) in [6.07, 6.45) is 6.97. The highest BCUT2D eigenvalue weighted by atomic mass is 35.5. The second kappa shape index (κ2) is 5.05. The summed E-state index contributed by atoms with van der Waals surface area (Å²) in [5, 5.41) is 10.6. The monoisotopic (exact) mass is 352 g/mol. The van der Waals surface area contributed by atoms with Crippen LogP contribution in [0.15, 0.2) is 41.5 Å². The molecular formula is C15H11ClF2N4S. The van der Waals surface area contributed by atoms with Gasteiger partial charge in [0.1, 0.15) is 10.5 Å². The quantitative estimate of drug-likeness (QED) is 0.816. The summed E-state index contributed by atoms with van der Waals surface area (Å²) in [7, 11) is 0. The van der Waals surface area contributed by atoms with Crippen molar-refractivity contribution in [2.75, 3.05) is 0 Å². The minimum absolute atomic E-state index is 0.0715. The Morgan fingerprint density at radius 2 is 2.26 bits per heavy atom. The maximum Gasteiger partial charge on any atom is 0.274 e.